The van der Waals surface area contributed by atoms with Crippen LogP contribution in [0.15, 0.2) is 55.1 Å². The first-order valence-corrected chi connectivity index (χ1v) is 9.72. The Hall–Kier alpha value is -2.71. The van der Waals surface area contributed by atoms with E-state index in [0.717, 1.165) is 0 Å². The summed E-state index contributed by atoms with van der Waals surface area (Å²) in [5, 5.41) is 4.81. The Balaban J connectivity index is 1.97. The first-order valence-electron chi connectivity index (χ1n) is 7.74. The van der Waals surface area contributed by atoms with Gasteiger partial charge < -0.3 is 0 Å². The Labute approximate surface area is 154 Å². The van der Waals surface area contributed by atoms with E-state index in [9.17, 15) is 8.42 Å². The molecule has 132 valence electrons. The van der Waals surface area contributed by atoms with Gasteiger partial charge >= 0.3 is 0 Å². The molecule has 0 aliphatic heterocycles. The van der Waals surface area contributed by atoms with E-state index < -0.39 is 10.0 Å². The van der Waals surface area contributed by atoms with Crippen LogP contribution in [-0.4, -0.2) is 32.1 Å². The lowest BCUT2D eigenvalue weighted by Gasteiger charge is -2.10. The van der Waals surface area contributed by atoms with Crippen molar-refractivity contribution in [2.45, 2.75) is 5.75 Å². The maximum atomic E-state index is 13.2. The normalized spacial score (nSPS) is 11.9. The van der Waals surface area contributed by atoms with E-state index in [-0.39, 0.29) is 16.6 Å². The molecule has 0 radical (unpaired) electrons. The molecule has 0 aliphatic carbocycles. The molecular weight excluding hydrogens is 374 g/mol. The van der Waals surface area contributed by atoms with Crippen molar-refractivity contribution in [1.82, 2.24) is 23.7 Å². The van der Waals surface area contributed by atoms with Crippen LogP contribution in [-0.2, 0) is 22.8 Å². The van der Waals surface area contributed by atoms with Gasteiger partial charge in [-0.05, 0) is 11.6 Å². The van der Waals surface area contributed by atoms with Crippen LogP contribution in [0.4, 0.5) is 0 Å². The number of hydrogen-bond acceptors (Lipinski definition) is 5. The van der Waals surface area contributed by atoms with Gasteiger partial charge in [-0.25, -0.2) is 22.4 Å². The Bertz CT molecular complexity index is 1200. The largest absolute Gasteiger partial charge is 0.275 e. The maximum Gasteiger partial charge on any atom is 0.244 e. The molecule has 0 spiro atoms. The molecule has 0 atom stereocenters. The average molecular weight is 388 g/mol. The third kappa shape index (κ3) is 2.87. The van der Waals surface area contributed by atoms with Crippen LogP contribution >= 0.6 is 11.6 Å². The third-order valence-electron chi connectivity index (χ3n) is 3.98. The molecule has 0 fully saturated rings. The number of fused-ring (bicyclic) bond motifs is 1. The molecule has 1 aromatic carbocycles. The van der Waals surface area contributed by atoms with Crippen LogP contribution < -0.4 is 0 Å². The summed E-state index contributed by atoms with van der Waals surface area (Å²) >= 11 is 6.17. The van der Waals surface area contributed by atoms with Crippen LogP contribution in [0.1, 0.15) is 5.56 Å². The van der Waals surface area contributed by atoms with Crippen molar-refractivity contribution in [1.29, 1.82) is 0 Å². The van der Waals surface area contributed by atoms with Gasteiger partial charge in [0.15, 0.2) is 5.65 Å². The summed E-state index contributed by atoms with van der Waals surface area (Å²) in [6.45, 7) is 0. The molecule has 3 heterocycles. The van der Waals surface area contributed by atoms with Gasteiger partial charge in [-0.3, -0.25) is 4.68 Å². The first-order chi connectivity index (χ1) is 12.5. The van der Waals surface area contributed by atoms with Crippen LogP contribution in [0.25, 0.3) is 22.3 Å². The van der Waals surface area contributed by atoms with E-state index in [4.69, 9.17) is 11.6 Å². The molecule has 4 aromatic rings. The molecule has 7 nitrogen and oxygen atoms in total. The van der Waals surface area contributed by atoms with E-state index in [0.29, 0.717) is 22.2 Å². The van der Waals surface area contributed by atoms with Crippen molar-refractivity contribution in [3.8, 4) is 11.3 Å². The minimum absolute atomic E-state index is 0.160. The average Bonchev–Trinajstić information content (AvgIpc) is 3.20. The minimum Gasteiger partial charge on any atom is -0.275 e. The van der Waals surface area contributed by atoms with Gasteiger partial charge in [0.25, 0.3) is 0 Å². The molecule has 0 bridgehead atoms. The van der Waals surface area contributed by atoms with Gasteiger partial charge in [0.1, 0.15) is 11.5 Å². The highest BCUT2D eigenvalue weighted by molar-refractivity contribution is 7.89. The Morgan fingerprint density at radius 1 is 1.15 bits per heavy atom. The highest BCUT2D eigenvalue weighted by Crippen LogP contribution is 2.32. The zero-order valence-electron chi connectivity index (χ0n) is 13.7. The molecule has 0 amide bonds. The second kappa shape index (κ2) is 6.22. The monoisotopic (exact) mass is 387 g/mol. The van der Waals surface area contributed by atoms with Crippen molar-refractivity contribution in [2.75, 3.05) is 0 Å². The maximum absolute atomic E-state index is 13.2. The van der Waals surface area contributed by atoms with E-state index in [1.807, 2.05) is 6.07 Å². The fourth-order valence-electron chi connectivity index (χ4n) is 2.85. The third-order valence-corrected chi connectivity index (χ3v) is 5.90. The lowest BCUT2D eigenvalue weighted by atomic mass is 10.2. The van der Waals surface area contributed by atoms with Crippen LogP contribution in [0, 0.1) is 0 Å². The number of benzene rings is 1. The quantitative estimate of drug-likeness (QED) is 0.503. The number of hydrogen-bond donors (Lipinski definition) is 0. The molecule has 9 heteroatoms. The van der Waals surface area contributed by atoms with Crippen molar-refractivity contribution >= 4 is 32.7 Å². The van der Waals surface area contributed by atoms with Gasteiger partial charge in [0.05, 0.1) is 23.0 Å². The lowest BCUT2D eigenvalue weighted by molar-refractivity contribution is 0.588. The summed E-state index contributed by atoms with van der Waals surface area (Å²) in [5.41, 5.74) is 2.04. The second-order valence-electron chi connectivity index (χ2n) is 5.84. The molecule has 26 heavy (non-hydrogen) atoms. The molecule has 0 saturated carbocycles. The van der Waals surface area contributed by atoms with Crippen LogP contribution in [0.5, 0.6) is 0 Å². The lowest BCUT2D eigenvalue weighted by Crippen LogP contribution is -2.16. The number of rotatable bonds is 4. The molecule has 0 saturated heterocycles. The smallest absolute Gasteiger partial charge is 0.244 e. The predicted octanol–water partition coefficient (Wildman–Crippen LogP) is 2.86. The summed E-state index contributed by atoms with van der Waals surface area (Å²) in [4.78, 5) is 8.12. The fraction of sp³-hybridized carbons (Fsp3) is 0.118. The highest BCUT2D eigenvalue weighted by Gasteiger charge is 2.25. The van der Waals surface area contributed by atoms with Crippen LogP contribution in [0.2, 0.25) is 5.15 Å². The summed E-state index contributed by atoms with van der Waals surface area (Å²) in [7, 11) is -1.99. The minimum atomic E-state index is -3.75. The fourth-order valence-corrected chi connectivity index (χ4v) is 4.64. The highest BCUT2D eigenvalue weighted by atomic mass is 35.5. The zero-order chi connectivity index (χ0) is 18.3. The van der Waals surface area contributed by atoms with Gasteiger partial charge in [0.2, 0.25) is 10.0 Å². The van der Waals surface area contributed by atoms with E-state index in [1.165, 1.54) is 10.3 Å². The molecule has 3 aromatic heterocycles. The molecular formula is C17H14ClN5O2S. The van der Waals surface area contributed by atoms with Crippen molar-refractivity contribution < 1.29 is 8.42 Å². The van der Waals surface area contributed by atoms with Gasteiger partial charge in [-0.1, -0.05) is 41.9 Å². The molecule has 0 unspecified atom stereocenters. The second-order valence-corrected chi connectivity index (χ2v) is 8.02. The van der Waals surface area contributed by atoms with Gasteiger partial charge in [0, 0.05) is 18.8 Å². The molecule has 0 N–H and O–H groups in total. The SMILES string of the molecule is Cn1cc(-c2cc3c(Cl)ncnc3n2S(=O)(=O)Cc2ccccc2)cn1. The van der Waals surface area contributed by atoms with Gasteiger partial charge in [-0.2, -0.15) is 5.10 Å². The number of halogens is 1. The Morgan fingerprint density at radius 3 is 2.62 bits per heavy atom. The number of nitrogens with zero attached hydrogens (tertiary/aromatic N) is 5. The number of aryl methyl sites for hydroxylation is 1. The predicted molar refractivity (Wildman–Crippen MR) is 99.2 cm³/mol. The summed E-state index contributed by atoms with van der Waals surface area (Å²) in [6.07, 6.45) is 4.60. The Kier molecular flexibility index (Phi) is 4.01. The Morgan fingerprint density at radius 2 is 1.92 bits per heavy atom. The van der Waals surface area contributed by atoms with Crippen LogP contribution in [0.3, 0.4) is 0 Å². The zero-order valence-corrected chi connectivity index (χ0v) is 15.3. The topological polar surface area (TPSA) is 82.7 Å². The summed E-state index contributed by atoms with van der Waals surface area (Å²) < 4.78 is 29.3. The first kappa shape index (κ1) is 16.7. The van der Waals surface area contributed by atoms with E-state index in [2.05, 4.69) is 15.1 Å². The standard InChI is InChI=1S/C17H14ClN5O2S/c1-22-9-13(8-21-22)15-7-14-16(18)19-11-20-17(14)23(15)26(24,25)10-12-5-3-2-4-6-12/h2-9,11H,10H2,1H3. The van der Waals surface area contributed by atoms with E-state index >= 15 is 0 Å². The van der Waals surface area contributed by atoms with Crippen molar-refractivity contribution in [2.24, 2.45) is 7.05 Å². The van der Waals surface area contributed by atoms with Crippen molar-refractivity contribution in [3.05, 3.63) is 65.8 Å². The van der Waals surface area contributed by atoms with Crippen molar-refractivity contribution in [3.63, 3.8) is 0 Å². The summed E-state index contributed by atoms with van der Waals surface area (Å²) in [6, 6.07) is 10.7. The number of aromatic nitrogens is 5. The van der Waals surface area contributed by atoms with E-state index in [1.54, 1.807) is 54.5 Å². The molecule has 4 rings (SSSR count). The molecule has 0 aliphatic rings. The summed E-state index contributed by atoms with van der Waals surface area (Å²) in [5.74, 6) is -0.160. The van der Waals surface area contributed by atoms with Gasteiger partial charge in [-0.15, -0.1) is 0 Å².